The molecule has 2 heterocycles. The summed E-state index contributed by atoms with van der Waals surface area (Å²) in [4.78, 5) is 3.74. The van der Waals surface area contributed by atoms with Crippen molar-refractivity contribution in [2.75, 3.05) is 39.5 Å². The van der Waals surface area contributed by atoms with Gasteiger partial charge in [-0.1, -0.05) is 6.07 Å². The van der Waals surface area contributed by atoms with E-state index in [0.29, 0.717) is 0 Å². The van der Waals surface area contributed by atoms with E-state index in [2.05, 4.69) is 46.7 Å². The van der Waals surface area contributed by atoms with Gasteiger partial charge in [0, 0.05) is 24.5 Å². The molecule has 1 aromatic heterocycles. The SMILES string of the molecule is c1csc(-c2ccc(OCCCN3CCOCC3)cc2)c1. The summed E-state index contributed by atoms with van der Waals surface area (Å²) < 4.78 is 11.2. The lowest BCUT2D eigenvalue weighted by Crippen LogP contribution is -2.37. The Morgan fingerprint density at radius 2 is 1.90 bits per heavy atom. The number of benzene rings is 1. The van der Waals surface area contributed by atoms with Crippen LogP contribution in [0.15, 0.2) is 41.8 Å². The molecule has 3 rings (SSSR count). The van der Waals surface area contributed by atoms with Crippen molar-refractivity contribution in [3.05, 3.63) is 41.8 Å². The Morgan fingerprint density at radius 1 is 1.10 bits per heavy atom. The average molecular weight is 303 g/mol. The van der Waals surface area contributed by atoms with E-state index in [1.165, 1.54) is 10.4 Å². The van der Waals surface area contributed by atoms with Crippen molar-refractivity contribution in [3.8, 4) is 16.2 Å². The molecule has 112 valence electrons. The summed E-state index contributed by atoms with van der Waals surface area (Å²) in [6, 6.07) is 12.6. The third-order valence-corrected chi connectivity index (χ3v) is 4.57. The number of rotatable bonds is 6. The van der Waals surface area contributed by atoms with Gasteiger partial charge in [0.2, 0.25) is 0 Å². The Hall–Kier alpha value is -1.36. The number of thiophene rings is 1. The van der Waals surface area contributed by atoms with E-state index in [1.807, 2.05) is 0 Å². The van der Waals surface area contributed by atoms with Gasteiger partial charge in [0.15, 0.2) is 0 Å². The minimum atomic E-state index is 0.774. The van der Waals surface area contributed by atoms with Gasteiger partial charge in [-0.25, -0.2) is 0 Å². The summed E-state index contributed by atoms with van der Waals surface area (Å²) in [5.74, 6) is 0.956. The van der Waals surface area contributed by atoms with E-state index in [-0.39, 0.29) is 0 Å². The first kappa shape index (κ1) is 14.6. The zero-order valence-corrected chi connectivity index (χ0v) is 13.0. The van der Waals surface area contributed by atoms with E-state index in [9.17, 15) is 0 Å². The molecule has 1 aliphatic heterocycles. The molecule has 0 radical (unpaired) electrons. The molecule has 1 aliphatic rings. The molecule has 1 saturated heterocycles. The van der Waals surface area contributed by atoms with Crippen molar-refractivity contribution in [3.63, 3.8) is 0 Å². The van der Waals surface area contributed by atoms with Gasteiger partial charge in [-0.05, 0) is 47.7 Å². The summed E-state index contributed by atoms with van der Waals surface area (Å²) in [7, 11) is 0. The fraction of sp³-hybridized carbons (Fsp3) is 0.412. The lowest BCUT2D eigenvalue weighted by Gasteiger charge is -2.26. The van der Waals surface area contributed by atoms with Crippen LogP contribution >= 0.6 is 11.3 Å². The number of nitrogens with zero attached hydrogens (tertiary/aromatic N) is 1. The van der Waals surface area contributed by atoms with Crippen molar-refractivity contribution in [2.45, 2.75) is 6.42 Å². The summed E-state index contributed by atoms with van der Waals surface area (Å²) in [6.45, 7) is 5.70. The highest BCUT2D eigenvalue weighted by atomic mass is 32.1. The largest absolute Gasteiger partial charge is 0.494 e. The Balaban J connectivity index is 1.41. The maximum Gasteiger partial charge on any atom is 0.119 e. The fourth-order valence-electron chi connectivity index (χ4n) is 2.46. The maximum absolute atomic E-state index is 5.81. The first-order chi connectivity index (χ1) is 10.4. The topological polar surface area (TPSA) is 21.7 Å². The second-order valence-electron chi connectivity index (χ2n) is 5.16. The van der Waals surface area contributed by atoms with E-state index in [1.54, 1.807) is 11.3 Å². The van der Waals surface area contributed by atoms with Crippen LogP contribution in [0.2, 0.25) is 0 Å². The van der Waals surface area contributed by atoms with Crippen LogP contribution in [0.25, 0.3) is 10.4 Å². The van der Waals surface area contributed by atoms with Crippen LogP contribution in [-0.4, -0.2) is 44.4 Å². The van der Waals surface area contributed by atoms with E-state index < -0.39 is 0 Å². The molecule has 0 bridgehead atoms. The molecule has 21 heavy (non-hydrogen) atoms. The summed E-state index contributed by atoms with van der Waals surface area (Å²) >= 11 is 1.76. The van der Waals surface area contributed by atoms with Crippen LogP contribution in [0, 0.1) is 0 Å². The van der Waals surface area contributed by atoms with Crippen molar-refractivity contribution >= 4 is 11.3 Å². The lowest BCUT2D eigenvalue weighted by molar-refractivity contribution is 0.0358. The van der Waals surface area contributed by atoms with Crippen molar-refractivity contribution < 1.29 is 9.47 Å². The van der Waals surface area contributed by atoms with Gasteiger partial charge in [-0.2, -0.15) is 0 Å². The number of hydrogen-bond donors (Lipinski definition) is 0. The van der Waals surface area contributed by atoms with Crippen LogP contribution in [0.4, 0.5) is 0 Å². The number of morpholine rings is 1. The summed E-state index contributed by atoms with van der Waals surface area (Å²) in [5.41, 5.74) is 1.26. The van der Waals surface area contributed by atoms with Crippen LogP contribution in [0.3, 0.4) is 0 Å². The fourth-order valence-corrected chi connectivity index (χ4v) is 3.19. The number of hydrogen-bond acceptors (Lipinski definition) is 4. The van der Waals surface area contributed by atoms with Crippen molar-refractivity contribution in [2.24, 2.45) is 0 Å². The summed E-state index contributed by atoms with van der Waals surface area (Å²) in [6.07, 6.45) is 1.06. The Kier molecular flexibility index (Phi) is 5.27. The summed E-state index contributed by atoms with van der Waals surface area (Å²) in [5, 5.41) is 2.10. The molecule has 0 saturated carbocycles. The van der Waals surface area contributed by atoms with Gasteiger partial charge in [-0.15, -0.1) is 11.3 Å². The molecule has 0 spiro atoms. The molecule has 1 fully saturated rings. The molecular formula is C17H21NO2S. The molecule has 2 aromatic rings. The normalized spacial score (nSPS) is 16.0. The molecular weight excluding hydrogens is 282 g/mol. The standard InChI is InChI=1S/C17H21NO2S/c1-3-17(21-14-1)15-4-6-16(7-5-15)20-11-2-8-18-9-12-19-13-10-18/h1,3-7,14H,2,8-13H2. The van der Waals surface area contributed by atoms with Gasteiger partial charge in [0.25, 0.3) is 0 Å². The zero-order valence-electron chi connectivity index (χ0n) is 12.2. The second kappa shape index (κ2) is 7.59. The molecule has 0 aliphatic carbocycles. The van der Waals surface area contributed by atoms with E-state index >= 15 is 0 Å². The highest BCUT2D eigenvalue weighted by Crippen LogP contribution is 2.26. The van der Waals surface area contributed by atoms with Crippen LogP contribution in [0.5, 0.6) is 5.75 Å². The molecule has 1 aromatic carbocycles. The molecule has 0 N–H and O–H groups in total. The first-order valence-electron chi connectivity index (χ1n) is 7.49. The smallest absolute Gasteiger partial charge is 0.119 e. The third-order valence-electron chi connectivity index (χ3n) is 3.65. The third kappa shape index (κ3) is 4.30. The second-order valence-corrected chi connectivity index (χ2v) is 6.11. The quantitative estimate of drug-likeness (QED) is 0.762. The zero-order chi connectivity index (χ0) is 14.3. The monoisotopic (exact) mass is 303 g/mol. The Labute approximate surface area is 130 Å². The average Bonchev–Trinajstić information content (AvgIpc) is 3.08. The molecule has 3 nitrogen and oxygen atoms in total. The van der Waals surface area contributed by atoms with Crippen LogP contribution in [-0.2, 0) is 4.74 Å². The Morgan fingerprint density at radius 3 is 2.62 bits per heavy atom. The predicted octanol–water partition coefficient (Wildman–Crippen LogP) is 3.52. The minimum absolute atomic E-state index is 0.774. The highest BCUT2D eigenvalue weighted by molar-refractivity contribution is 7.13. The van der Waals surface area contributed by atoms with Gasteiger partial charge >= 0.3 is 0 Å². The van der Waals surface area contributed by atoms with Crippen molar-refractivity contribution in [1.82, 2.24) is 4.90 Å². The predicted molar refractivity (Wildman–Crippen MR) is 87.1 cm³/mol. The van der Waals surface area contributed by atoms with Gasteiger partial charge in [0.1, 0.15) is 5.75 Å². The number of ether oxygens (including phenoxy) is 2. The highest BCUT2D eigenvalue weighted by Gasteiger charge is 2.09. The Bertz CT molecular complexity index is 518. The van der Waals surface area contributed by atoms with Gasteiger partial charge < -0.3 is 9.47 Å². The van der Waals surface area contributed by atoms with E-state index in [4.69, 9.17) is 9.47 Å². The van der Waals surface area contributed by atoms with Gasteiger partial charge in [0.05, 0.1) is 19.8 Å². The first-order valence-corrected chi connectivity index (χ1v) is 8.37. The van der Waals surface area contributed by atoms with E-state index in [0.717, 1.165) is 51.6 Å². The van der Waals surface area contributed by atoms with Crippen LogP contribution < -0.4 is 4.74 Å². The van der Waals surface area contributed by atoms with Gasteiger partial charge in [-0.3, -0.25) is 4.90 Å². The minimum Gasteiger partial charge on any atom is -0.494 e. The molecule has 4 heteroatoms. The molecule has 0 unspecified atom stereocenters. The van der Waals surface area contributed by atoms with Crippen LogP contribution in [0.1, 0.15) is 6.42 Å². The lowest BCUT2D eigenvalue weighted by atomic mass is 10.2. The molecule has 0 atom stereocenters. The maximum atomic E-state index is 5.81. The van der Waals surface area contributed by atoms with Crippen molar-refractivity contribution in [1.29, 1.82) is 0 Å². The molecule has 0 amide bonds.